The van der Waals surface area contributed by atoms with Crippen molar-refractivity contribution in [2.24, 2.45) is 0 Å². The highest BCUT2D eigenvalue weighted by molar-refractivity contribution is 5.56. The summed E-state index contributed by atoms with van der Waals surface area (Å²) in [5, 5.41) is 8.67. The van der Waals surface area contributed by atoms with Gasteiger partial charge < -0.3 is 9.52 Å². The van der Waals surface area contributed by atoms with Gasteiger partial charge in [0.1, 0.15) is 5.82 Å². The Morgan fingerprint density at radius 3 is 2.88 bits per heavy atom. The van der Waals surface area contributed by atoms with Gasteiger partial charge in [-0.1, -0.05) is 12.1 Å². The van der Waals surface area contributed by atoms with E-state index in [4.69, 9.17) is 9.52 Å². The van der Waals surface area contributed by atoms with Crippen LogP contribution >= 0.6 is 0 Å². The normalized spacial score (nSPS) is 10.6. The molecule has 3 nitrogen and oxygen atoms in total. The van der Waals surface area contributed by atoms with E-state index in [0.717, 1.165) is 0 Å². The molecule has 2 aromatic rings. The lowest BCUT2D eigenvalue weighted by atomic mass is 10.2. The first-order chi connectivity index (χ1) is 7.81. The first-order valence-corrected chi connectivity index (χ1v) is 5.11. The minimum atomic E-state index is -0.327. The van der Waals surface area contributed by atoms with Crippen molar-refractivity contribution in [3.63, 3.8) is 0 Å². The van der Waals surface area contributed by atoms with Gasteiger partial charge >= 0.3 is 0 Å². The molecule has 1 N–H and O–H groups in total. The SMILES string of the molecule is OCCCc1ncc(-c2ccccc2F)o1. The van der Waals surface area contributed by atoms with Crippen molar-refractivity contribution in [3.05, 3.63) is 42.2 Å². The number of oxazole rings is 1. The Morgan fingerprint density at radius 2 is 2.12 bits per heavy atom. The van der Waals surface area contributed by atoms with Crippen molar-refractivity contribution in [2.45, 2.75) is 12.8 Å². The summed E-state index contributed by atoms with van der Waals surface area (Å²) in [6, 6.07) is 6.40. The van der Waals surface area contributed by atoms with Gasteiger partial charge in [-0.2, -0.15) is 0 Å². The summed E-state index contributed by atoms with van der Waals surface area (Å²) in [6.45, 7) is 0.0947. The average molecular weight is 221 g/mol. The molecular weight excluding hydrogens is 209 g/mol. The van der Waals surface area contributed by atoms with Gasteiger partial charge in [0.25, 0.3) is 0 Å². The van der Waals surface area contributed by atoms with E-state index in [9.17, 15) is 4.39 Å². The molecule has 0 amide bonds. The molecule has 0 radical (unpaired) electrons. The molecule has 0 saturated heterocycles. The lowest BCUT2D eigenvalue weighted by Crippen LogP contribution is -1.88. The highest BCUT2D eigenvalue weighted by atomic mass is 19.1. The highest BCUT2D eigenvalue weighted by Gasteiger charge is 2.09. The van der Waals surface area contributed by atoms with Crippen LogP contribution in [0.25, 0.3) is 11.3 Å². The van der Waals surface area contributed by atoms with E-state index in [1.165, 1.54) is 12.3 Å². The molecule has 0 aliphatic carbocycles. The van der Waals surface area contributed by atoms with Gasteiger partial charge in [0, 0.05) is 13.0 Å². The van der Waals surface area contributed by atoms with E-state index in [1.54, 1.807) is 18.2 Å². The fourth-order valence-corrected chi connectivity index (χ4v) is 1.44. The van der Waals surface area contributed by atoms with Gasteiger partial charge in [-0.05, 0) is 18.6 Å². The molecule has 2 rings (SSSR count). The summed E-state index contributed by atoms with van der Waals surface area (Å²) in [4.78, 5) is 4.03. The van der Waals surface area contributed by atoms with Crippen molar-refractivity contribution in [1.82, 2.24) is 4.98 Å². The average Bonchev–Trinajstić information content (AvgIpc) is 2.75. The number of aliphatic hydroxyl groups is 1. The van der Waals surface area contributed by atoms with Crippen molar-refractivity contribution < 1.29 is 13.9 Å². The van der Waals surface area contributed by atoms with E-state index >= 15 is 0 Å². The molecule has 0 bridgehead atoms. The zero-order valence-corrected chi connectivity index (χ0v) is 8.69. The molecular formula is C12H12FNO2. The van der Waals surface area contributed by atoms with Crippen molar-refractivity contribution in [1.29, 1.82) is 0 Å². The Hall–Kier alpha value is -1.68. The first-order valence-electron chi connectivity index (χ1n) is 5.11. The van der Waals surface area contributed by atoms with Crippen LogP contribution in [-0.4, -0.2) is 16.7 Å². The van der Waals surface area contributed by atoms with Gasteiger partial charge in [-0.15, -0.1) is 0 Å². The fourth-order valence-electron chi connectivity index (χ4n) is 1.44. The second kappa shape index (κ2) is 4.90. The van der Waals surface area contributed by atoms with Crippen molar-refractivity contribution in [2.75, 3.05) is 6.61 Å². The van der Waals surface area contributed by atoms with E-state index in [2.05, 4.69) is 4.98 Å². The summed E-state index contributed by atoms with van der Waals surface area (Å²) in [6.07, 6.45) is 2.66. The summed E-state index contributed by atoms with van der Waals surface area (Å²) >= 11 is 0. The Bertz CT molecular complexity index is 468. The predicted molar refractivity (Wildman–Crippen MR) is 57.3 cm³/mol. The van der Waals surface area contributed by atoms with Crippen LogP contribution in [0.1, 0.15) is 12.3 Å². The Balaban J connectivity index is 2.22. The molecule has 16 heavy (non-hydrogen) atoms. The van der Waals surface area contributed by atoms with Crippen LogP contribution in [0.5, 0.6) is 0 Å². The van der Waals surface area contributed by atoms with Gasteiger partial charge in [-0.3, -0.25) is 0 Å². The van der Waals surface area contributed by atoms with Crippen LogP contribution in [0.15, 0.2) is 34.9 Å². The molecule has 4 heteroatoms. The monoisotopic (exact) mass is 221 g/mol. The molecule has 0 unspecified atom stereocenters. The maximum atomic E-state index is 13.4. The molecule has 0 fully saturated rings. The summed E-state index contributed by atoms with van der Waals surface area (Å²) < 4.78 is 18.8. The molecule has 1 aromatic carbocycles. The van der Waals surface area contributed by atoms with Crippen LogP contribution in [-0.2, 0) is 6.42 Å². The maximum Gasteiger partial charge on any atom is 0.194 e. The summed E-state index contributed by atoms with van der Waals surface area (Å²) in [5.74, 6) is 0.616. The zero-order chi connectivity index (χ0) is 11.4. The lowest BCUT2D eigenvalue weighted by molar-refractivity contribution is 0.283. The third-order valence-electron chi connectivity index (χ3n) is 2.24. The molecule has 1 heterocycles. The molecule has 0 atom stereocenters. The maximum absolute atomic E-state index is 13.4. The topological polar surface area (TPSA) is 46.3 Å². The number of hydrogen-bond donors (Lipinski definition) is 1. The molecule has 0 aliphatic rings. The van der Waals surface area contributed by atoms with Crippen LogP contribution < -0.4 is 0 Å². The van der Waals surface area contributed by atoms with Crippen molar-refractivity contribution >= 4 is 0 Å². The van der Waals surface area contributed by atoms with Crippen molar-refractivity contribution in [3.8, 4) is 11.3 Å². The largest absolute Gasteiger partial charge is 0.441 e. The number of nitrogens with zero attached hydrogens (tertiary/aromatic N) is 1. The van der Waals surface area contributed by atoms with E-state index in [-0.39, 0.29) is 12.4 Å². The van der Waals surface area contributed by atoms with Crippen LogP contribution in [0.3, 0.4) is 0 Å². The van der Waals surface area contributed by atoms with Gasteiger partial charge in [0.15, 0.2) is 11.7 Å². The van der Waals surface area contributed by atoms with Crippen LogP contribution in [0.4, 0.5) is 4.39 Å². The minimum Gasteiger partial charge on any atom is -0.441 e. The molecule has 0 saturated carbocycles. The third kappa shape index (κ3) is 2.28. The quantitative estimate of drug-likeness (QED) is 0.862. The smallest absolute Gasteiger partial charge is 0.194 e. The summed E-state index contributed by atoms with van der Waals surface area (Å²) in [7, 11) is 0. The lowest BCUT2D eigenvalue weighted by Gasteiger charge is -1.97. The standard InChI is InChI=1S/C12H12FNO2/c13-10-5-2-1-4-9(10)11-8-14-12(16-11)6-3-7-15/h1-2,4-5,8,15H,3,6-7H2. The third-order valence-corrected chi connectivity index (χ3v) is 2.24. The van der Waals surface area contributed by atoms with E-state index in [1.807, 2.05) is 0 Å². The van der Waals surface area contributed by atoms with Gasteiger partial charge in [-0.25, -0.2) is 9.37 Å². The van der Waals surface area contributed by atoms with E-state index in [0.29, 0.717) is 30.1 Å². The number of aromatic nitrogens is 1. The Labute approximate surface area is 92.6 Å². The zero-order valence-electron chi connectivity index (χ0n) is 8.69. The second-order valence-electron chi connectivity index (χ2n) is 3.43. The number of aryl methyl sites for hydroxylation is 1. The molecule has 1 aromatic heterocycles. The number of hydrogen-bond acceptors (Lipinski definition) is 3. The van der Waals surface area contributed by atoms with Crippen LogP contribution in [0, 0.1) is 5.82 Å². The Morgan fingerprint density at radius 1 is 1.31 bits per heavy atom. The summed E-state index contributed by atoms with van der Waals surface area (Å²) in [5.41, 5.74) is 0.408. The molecule has 0 spiro atoms. The highest BCUT2D eigenvalue weighted by Crippen LogP contribution is 2.23. The molecule has 84 valence electrons. The van der Waals surface area contributed by atoms with Crippen LogP contribution in [0.2, 0.25) is 0 Å². The second-order valence-corrected chi connectivity index (χ2v) is 3.43. The predicted octanol–water partition coefficient (Wildman–Crippen LogP) is 2.41. The number of rotatable bonds is 4. The number of benzene rings is 1. The Kier molecular flexibility index (Phi) is 3.31. The van der Waals surface area contributed by atoms with Gasteiger partial charge in [0.05, 0.1) is 11.8 Å². The van der Waals surface area contributed by atoms with Gasteiger partial charge in [0.2, 0.25) is 0 Å². The first kappa shape index (κ1) is 10.8. The fraction of sp³-hybridized carbons (Fsp3) is 0.250. The number of aliphatic hydroxyl groups excluding tert-OH is 1. The van der Waals surface area contributed by atoms with E-state index < -0.39 is 0 Å². The minimum absolute atomic E-state index is 0.0947. The number of halogens is 1. The molecule has 0 aliphatic heterocycles.